The Bertz CT molecular complexity index is 557. The average Bonchev–Trinajstić information content (AvgIpc) is 2.96. The standard InChI is InChI=1S/C16H21N3O2/c1-3-21-15(20)16(8-4-5-9-16)11-18-14-13(10-17)7-6-12(2)19-14/h6-7H,3-5,8-9,11H2,1-2H3,(H,18,19). The van der Waals surface area contributed by atoms with Crippen LogP contribution in [0.15, 0.2) is 12.1 Å². The molecule has 1 saturated carbocycles. The highest BCUT2D eigenvalue weighted by atomic mass is 16.5. The lowest BCUT2D eigenvalue weighted by Crippen LogP contribution is -2.37. The molecule has 0 radical (unpaired) electrons. The Labute approximate surface area is 125 Å². The lowest BCUT2D eigenvalue weighted by atomic mass is 9.86. The predicted octanol–water partition coefficient (Wildman–Crippen LogP) is 2.80. The molecule has 1 aromatic rings. The van der Waals surface area contributed by atoms with E-state index in [1.807, 2.05) is 13.8 Å². The number of anilines is 1. The van der Waals surface area contributed by atoms with Gasteiger partial charge in [0.1, 0.15) is 11.9 Å². The van der Waals surface area contributed by atoms with Crippen LogP contribution in [0.1, 0.15) is 43.9 Å². The minimum absolute atomic E-state index is 0.138. The first-order chi connectivity index (χ1) is 10.1. The molecule has 0 aliphatic heterocycles. The summed E-state index contributed by atoms with van der Waals surface area (Å²) in [6.07, 6.45) is 3.72. The maximum absolute atomic E-state index is 12.3. The number of pyridine rings is 1. The summed E-state index contributed by atoms with van der Waals surface area (Å²) in [4.78, 5) is 16.6. The first kappa shape index (κ1) is 15.3. The number of rotatable bonds is 5. The van der Waals surface area contributed by atoms with Crippen molar-refractivity contribution in [2.45, 2.75) is 39.5 Å². The van der Waals surface area contributed by atoms with E-state index < -0.39 is 5.41 Å². The number of carbonyl (C=O) groups excluding carboxylic acids is 1. The first-order valence-corrected chi connectivity index (χ1v) is 7.40. The van der Waals surface area contributed by atoms with Gasteiger partial charge in [0, 0.05) is 12.2 Å². The lowest BCUT2D eigenvalue weighted by Gasteiger charge is -2.27. The molecule has 1 aliphatic carbocycles. The summed E-state index contributed by atoms with van der Waals surface area (Å²) in [6.45, 7) is 4.57. The third-order valence-electron chi connectivity index (χ3n) is 4.02. The van der Waals surface area contributed by atoms with Gasteiger partial charge in [0.2, 0.25) is 0 Å². The molecule has 0 atom stereocenters. The Kier molecular flexibility index (Phi) is 4.79. The summed E-state index contributed by atoms with van der Waals surface area (Å²) in [5.74, 6) is 0.411. The van der Waals surface area contributed by atoms with Gasteiger partial charge in [-0.3, -0.25) is 4.79 Å². The highest BCUT2D eigenvalue weighted by Gasteiger charge is 2.42. The highest BCUT2D eigenvalue weighted by Crippen LogP contribution is 2.39. The van der Waals surface area contributed by atoms with Gasteiger partial charge in [0.25, 0.3) is 0 Å². The fourth-order valence-corrected chi connectivity index (χ4v) is 2.82. The third-order valence-corrected chi connectivity index (χ3v) is 4.02. The minimum Gasteiger partial charge on any atom is -0.466 e. The Balaban J connectivity index is 2.15. The van der Waals surface area contributed by atoms with E-state index in [-0.39, 0.29) is 5.97 Å². The van der Waals surface area contributed by atoms with Gasteiger partial charge in [-0.2, -0.15) is 5.26 Å². The lowest BCUT2D eigenvalue weighted by molar-refractivity contribution is -0.154. The number of carbonyl (C=O) groups is 1. The molecule has 1 heterocycles. The third kappa shape index (κ3) is 3.33. The molecule has 5 heteroatoms. The van der Waals surface area contributed by atoms with E-state index >= 15 is 0 Å². The summed E-state index contributed by atoms with van der Waals surface area (Å²) < 4.78 is 5.23. The molecule has 112 valence electrons. The van der Waals surface area contributed by atoms with Crippen LogP contribution in [0.4, 0.5) is 5.82 Å². The molecule has 1 fully saturated rings. The van der Waals surface area contributed by atoms with Crippen molar-refractivity contribution in [1.82, 2.24) is 4.98 Å². The average molecular weight is 287 g/mol. The molecule has 0 aromatic carbocycles. The molecule has 0 saturated heterocycles. The van der Waals surface area contributed by atoms with E-state index in [0.717, 1.165) is 31.4 Å². The number of esters is 1. The van der Waals surface area contributed by atoms with Gasteiger partial charge in [-0.1, -0.05) is 12.8 Å². The van der Waals surface area contributed by atoms with Gasteiger partial charge >= 0.3 is 5.97 Å². The molecule has 1 N–H and O–H groups in total. The Morgan fingerprint density at radius 3 is 2.81 bits per heavy atom. The summed E-state index contributed by atoms with van der Waals surface area (Å²) in [5, 5.41) is 12.3. The maximum Gasteiger partial charge on any atom is 0.313 e. The van der Waals surface area contributed by atoms with Crippen molar-refractivity contribution in [3.63, 3.8) is 0 Å². The van der Waals surface area contributed by atoms with E-state index in [1.165, 1.54) is 0 Å². The molecular weight excluding hydrogens is 266 g/mol. The number of ether oxygens (including phenoxy) is 1. The van der Waals surface area contributed by atoms with Crippen LogP contribution in [0.3, 0.4) is 0 Å². The molecule has 21 heavy (non-hydrogen) atoms. The molecular formula is C16H21N3O2. The summed E-state index contributed by atoms with van der Waals surface area (Å²) in [7, 11) is 0. The minimum atomic E-state index is -0.478. The summed E-state index contributed by atoms with van der Waals surface area (Å²) in [5.41, 5.74) is 0.861. The highest BCUT2D eigenvalue weighted by molar-refractivity contribution is 5.78. The second kappa shape index (κ2) is 6.57. The van der Waals surface area contributed by atoms with Gasteiger partial charge in [0.15, 0.2) is 0 Å². The van der Waals surface area contributed by atoms with Crippen molar-refractivity contribution >= 4 is 11.8 Å². The van der Waals surface area contributed by atoms with Crippen molar-refractivity contribution < 1.29 is 9.53 Å². The molecule has 0 unspecified atom stereocenters. The van der Waals surface area contributed by atoms with Crippen molar-refractivity contribution in [2.75, 3.05) is 18.5 Å². The Morgan fingerprint density at radius 2 is 2.19 bits per heavy atom. The van der Waals surface area contributed by atoms with E-state index in [9.17, 15) is 4.79 Å². The van der Waals surface area contributed by atoms with Gasteiger partial charge in [-0.25, -0.2) is 4.98 Å². The molecule has 0 amide bonds. The molecule has 0 bridgehead atoms. The Hall–Kier alpha value is -2.09. The monoisotopic (exact) mass is 287 g/mol. The molecule has 2 rings (SSSR count). The van der Waals surface area contributed by atoms with Gasteiger partial charge in [-0.15, -0.1) is 0 Å². The van der Waals surface area contributed by atoms with Gasteiger partial charge in [-0.05, 0) is 38.8 Å². The number of hydrogen-bond donors (Lipinski definition) is 1. The van der Waals surface area contributed by atoms with Gasteiger partial charge in [0.05, 0.1) is 17.6 Å². The summed E-state index contributed by atoms with van der Waals surface area (Å²) in [6, 6.07) is 5.68. The number of aromatic nitrogens is 1. The van der Waals surface area contributed by atoms with Crippen LogP contribution in [0.5, 0.6) is 0 Å². The molecule has 5 nitrogen and oxygen atoms in total. The largest absolute Gasteiger partial charge is 0.466 e. The van der Waals surface area contributed by atoms with E-state index in [2.05, 4.69) is 16.4 Å². The van der Waals surface area contributed by atoms with Gasteiger partial charge < -0.3 is 10.1 Å². The second-order valence-electron chi connectivity index (χ2n) is 5.52. The number of nitriles is 1. The SMILES string of the molecule is CCOC(=O)C1(CNc2nc(C)ccc2C#N)CCCC1. The predicted molar refractivity (Wildman–Crippen MR) is 79.7 cm³/mol. The zero-order valence-electron chi connectivity index (χ0n) is 12.6. The molecule has 1 aliphatic rings. The van der Waals surface area contributed by atoms with Crippen molar-refractivity contribution in [3.8, 4) is 6.07 Å². The molecule has 0 spiro atoms. The fraction of sp³-hybridized carbons (Fsp3) is 0.562. The quantitative estimate of drug-likeness (QED) is 0.843. The normalized spacial score (nSPS) is 16.2. The smallest absolute Gasteiger partial charge is 0.313 e. The maximum atomic E-state index is 12.3. The summed E-state index contributed by atoms with van der Waals surface area (Å²) >= 11 is 0. The fourth-order valence-electron chi connectivity index (χ4n) is 2.82. The number of nitrogens with one attached hydrogen (secondary N) is 1. The Morgan fingerprint density at radius 1 is 1.48 bits per heavy atom. The van der Waals surface area contributed by atoms with Crippen LogP contribution >= 0.6 is 0 Å². The van der Waals surface area contributed by atoms with Crippen molar-refractivity contribution in [2.24, 2.45) is 5.41 Å². The zero-order chi connectivity index (χ0) is 15.3. The number of aryl methyl sites for hydroxylation is 1. The van der Waals surface area contributed by atoms with Crippen LogP contribution < -0.4 is 5.32 Å². The first-order valence-electron chi connectivity index (χ1n) is 7.40. The van der Waals surface area contributed by atoms with Crippen molar-refractivity contribution in [3.05, 3.63) is 23.4 Å². The van der Waals surface area contributed by atoms with Crippen molar-refractivity contribution in [1.29, 1.82) is 5.26 Å². The van der Waals surface area contributed by atoms with Crippen LogP contribution in [0, 0.1) is 23.7 Å². The zero-order valence-corrected chi connectivity index (χ0v) is 12.6. The van der Waals surface area contributed by atoms with E-state index in [4.69, 9.17) is 10.00 Å². The van der Waals surface area contributed by atoms with Crippen LogP contribution in [0.2, 0.25) is 0 Å². The van der Waals surface area contributed by atoms with E-state index in [1.54, 1.807) is 12.1 Å². The van der Waals surface area contributed by atoms with Crippen LogP contribution in [0.25, 0.3) is 0 Å². The number of hydrogen-bond acceptors (Lipinski definition) is 5. The van der Waals surface area contributed by atoms with Crippen LogP contribution in [-0.4, -0.2) is 24.1 Å². The number of nitrogens with zero attached hydrogens (tertiary/aromatic N) is 2. The van der Waals surface area contributed by atoms with E-state index in [0.29, 0.717) is 24.5 Å². The van der Waals surface area contributed by atoms with Crippen LogP contribution in [-0.2, 0) is 9.53 Å². The topological polar surface area (TPSA) is 75.0 Å². The second-order valence-corrected chi connectivity index (χ2v) is 5.52. The molecule has 1 aromatic heterocycles.